The Hall–Kier alpha value is -1.99. The van der Waals surface area contributed by atoms with Crippen LogP contribution in [0.4, 0.5) is 4.39 Å². The molecule has 6 nitrogen and oxygen atoms in total. The minimum atomic E-state index is -1.11. The molecule has 0 bridgehead atoms. The molecule has 1 amide bonds. The van der Waals surface area contributed by atoms with Crippen LogP contribution in [0, 0.1) is 5.82 Å². The number of morpholine rings is 1. The summed E-state index contributed by atoms with van der Waals surface area (Å²) in [5, 5.41) is 8.68. The van der Waals surface area contributed by atoms with Crippen molar-refractivity contribution in [2.24, 2.45) is 5.73 Å². The molecule has 21 heavy (non-hydrogen) atoms. The van der Waals surface area contributed by atoms with E-state index in [0.717, 1.165) is 5.56 Å². The molecule has 1 aliphatic rings. The maximum atomic E-state index is 12.9. The van der Waals surface area contributed by atoms with Crippen molar-refractivity contribution in [2.75, 3.05) is 19.7 Å². The fourth-order valence-corrected chi connectivity index (χ4v) is 2.24. The fourth-order valence-electron chi connectivity index (χ4n) is 2.24. The zero-order valence-corrected chi connectivity index (χ0v) is 11.4. The molecule has 0 aromatic heterocycles. The van der Waals surface area contributed by atoms with Gasteiger partial charge >= 0.3 is 5.97 Å². The first kappa shape index (κ1) is 15.4. The van der Waals surface area contributed by atoms with Crippen LogP contribution in [0.25, 0.3) is 0 Å². The molecule has 1 aromatic carbocycles. The van der Waals surface area contributed by atoms with E-state index in [1.807, 2.05) is 0 Å². The third kappa shape index (κ3) is 3.99. The molecular formula is C14H17FN2O4. The van der Waals surface area contributed by atoms with Crippen molar-refractivity contribution < 1.29 is 23.8 Å². The Morgan fingerprint density at radius 2 is 2.10 bits per heavy atom. The van der Waals surface area contributed by atoms with Crippen molar-refractivity contribution >= 4 is 11.9 Å². The first-order valence-electron chi connectivity index (χ1n) is 6.60. The van der Waals surface area contributed by atoms with Gasteiger partial charge in [0.05, 0.1) is 25.6 Å². The summed E-state index contributed by atoms with van der Waals surface area (Å²) in [7, 11) is 0. The summed E-state index contributed by atoms with van der Waals surface area (Å²) < 4.78 is 18.5. The number of amides is 1. The number of carbonyl (C=O) groups excluding carboxylic acids is 1. The average molecular weight is 296 g/mol. The summed E-state index contributed by atoms with van der Waals surface area (Å²) >= 11 is 0. The van der Waals surface area contributed by atoms with Crippen LogP contribution in [0.1, 0.15) is 18.1 Å². The number of aliphatic carboxylic acids is 1. The molecule has 1 saturated heterocycles. The lowest BCUT2D eigenvalue weighted by molar-refractivity contribution is -0.145. The molecule has 2 rings (SSSR count). The van der Waals surface area contributed by atoms with Crippen molar-refractivity contribution in [2.45, 2.75) is 18.6 Å². The summed E-state index contributed by atoms with van der Waals surface area (Å²) in [5.41, 5.74) is 6.36. The van der Waals surface area contributed by atoms with Crippen LogP contribution in [0.15, 0.2) is 24.3 Å². The number of nitrogens with zero attached hydrogens (tertiary/aromatic N) is 1. The summed E-state index contributed by atoms with van der Waals surface area (Å²) in [6.45, 7) is 0.967. The number of hydrogen-bond acceptors (Lipinski definition) is 4. The molecule has 7 heteroatoms. The number of hydrogen-bond donors (Lipinski definition) is 2. The molecule has 0 radical (unpaired) electrons. The largest absolute Gasteiger partial charge is 0.481 e. The highest BCUT2D eigenvalue weighted by atomic mass is 19.1. The third-order valence-corrected chi connectivity index (χ3v) is 3.33. The molecule has 114 valence electrons. The molecule has 0 saturated carbocycles. The average Bonchev–Trinajstić information content (AvgIpc) is 2.46. The summed E-state index contributed by atoms with van der Waals surface area (Å²) in [4.78, 5) is 24.2. The Morgan fingerprint density at radius 1 is 1.43 bits per heavy atom. The Labute approximate surface area is 121 Å². The van der Waals surface area contributed by atoms with Crippen molar-refractivity contribution in [3.05, 3.63) is 35.6 Å². The van der Waals surface area contributed by atoms with Crippen LogP contribution in [-0.4, -0.2) is 47.6 Å². The lowest BCUT2D eigenvalue weighted by atomic mass is 10.1. The smallest absolute Gasteiger partial charge is 0.305 e. The lowest BCUT2D eigenvalue weighted by Gasteiger charge is -2.34. The SMILES string of the molecule is NC(CC(=O)O)C(=O)N1CCOC(c2ccc(F)cc2)C1. The van der Waals surface area contributed by atoms with Gasteiger partial charge in [0.2, 0.25) is 5.91 Å². The van der Waals surface area contributed by atoms with Crippen LogP contribution >= 0.6 is 0 Å². The minimum Gasteiger partial charge on any atom is -0.481 e. The second-order valence-corrected chi connectivity index (χ2v) is 4.90. The number of halogens is 1. The number of rotatable bonds is 4. The third-order valence-electron chi connectivity index (χ3n) is 3.33. The number of benzene rings is 1. The maximum Gasteiger partial charge on any atom is 0.305 e. The number of ether oxygens (including phenoxy) is 1. The van der Waals surface area contributed by atoms with Gasteiger partial charge in [-0.3, -0.25) is 9.59 Å². The van der Waals surface area contributed by atoms with Gasteiger partial charge in [0.25, 0.3) is 0 Å². The topological polar surface area (TPSA) is 92.9 Å². The molecule has 0 aliphatic carbocycles. The molecular weight excluding hydrogens is 279 g/mol. The quantitative estimate of drug-likeness (QED) is 0.845. The van der Waals surface area contributed by atoms with Gasteiger partial charge in [0.1, 0.15) is 11.9 Å². The molecule has 1 aliphatic heterocycles. The Morgan fingerprint density at radius 3 is 2.71 bits per heavy atom. The van der Waals surface area contributed by atoms with Crippen molar-refractivity contribution in [3.63, 3.8) is 0 Å². The predicted octanol–water partition coefficient (Wildman–Crippen LogP) is 0.528. The van der Waals surface area contributed by atoms with E-state index >= 15 is 0 Å². The van der Waals surface area contributed by atoms with Gasteiger partial charge in [-0.2, -0.15) is 0 Å². The second kappa shape index (κ2) is 6.64. The second-order valence-electron chi connectivity index (χ2n) is 4.90. The van der Waals surface area contributed by atoms with E-state index in [4.69, 9.17) is 15.6 Å². The summed E-state index contributed by atoms with van der Waals surface area (Å²) in [6.07, 6.45) is -0.766. The van der Waals surface area contributed by atoms with Crippen LogP contribution in [0.2, 0.25) is 0 Å². The monoisotopic (exact) mass is 296 g/mol. The van der Waals surface area contributed by atoms with Crippen molar-refractivity contribution in [3.8, 4) is 0 Å². The van der Waals surface area contributed by atoms with E-state index in [9.17, 15) is 14.0 Å². The van der Waals surface area contributed by atoms with Crippen LogP contribution in [0.3, 0.4) is 0 Å². The summed E-state index contributed by atoms with van der Waals surface area (Å²) in [6, 6.07) is 4.80. The number of nitrogens with two attached hydrogens (primary N) is 1. The normalized spacial score (nSPS) is 20.1. The zero-order chi connectivity index (χ0) is 15.4. The van der Waals surface area contributed by atoms with Crippen LogP contribution in [-0.2, 0) is 14.3 Å². The lowest BCUT2D eigenvalue weighted by Crippen LogP contribution is -2.49. The zero-order valence-electron chi connectivity index (χ0n) is 11.4. The van der Waals surface area contributed by atoms with Gasteiger partial charge in [-0.1, -0.05) is 12.1 Å². The van der Waals surface area contributed by atoms with E-state index in [2.05, 4.69) is 0 Å². The van der Waals surface area contributed by atoms with E-state index in [1.54, 1.807) is 12.1 Å². The van der Waals surface area contributed by atoms with Crippen molar-refractivity contribution in [1.82, 2.24) is 4.90 Å². The summed E-state index contributed by atoms with van der Waals surface area (Å²) in [5.74, 6) is -1.86. The molecule has 1 aromatic rings. The van der Waals surface area contributed by atoms with Gasteiger partial charge in [-0.05, 0) is 17.7 Å². The van der Waals surface area contributed by atoms with E-state index in [0.29, 0.717) is 13.2 Å². The van der Waals surface area contributed by atoms with E-state index in [-0.39, 0.29) is 18.5 Å². The molecule has 3 N–H and O–H groups in total. The molecule has 1 fully saturated rings. The number of carboxylic acid groups (broad SMARTS) is 1. The number of carbonyl (C=O) groups is 2. The van der Waals surface area contributed by atoms with E-state index in [1.165, 1.54) is 17.0 Å². The predicted molar refractivity (Wildman–Crippen MR) is 71.9 cm³/mol. The Kier molecular flexibility index (Phi) is 4.87. The fraction of sp³-hybridized carbons (Fsp3) is 0.429. The molecule has 2 atom stereocenters. The standard InChI is InChI=1S/C14H17FN2O4/c15-10-3-1-9(2-4-10)12-8-17(5-6-21-12)14(20)11(16)7-13(18)19/h1-4,11-12H,5-8,16H2,(H,18,19). The van der Waals surface area contributed by atoms with Gasteiger partial charge in [0, 0.05) is 6.54 Å². The van der Waals surface area contributed by atoms with Crippen LogP contribution in [0.5, 0.6) is 0 Å². The highest BCUT2D eigenvalue weighted by Crippen LogP contribution is 2.22. The van der Waals surface area contributed by atoms with Gasteiger partial charge < -0.3 is 20.5 Å². The van der Waals surface area contributed by atoms with Gasteiger partial charge in [-0.25, -0.2) is 4.39 Å². The molecule has 0 spiro atoms. The first-order valence-corrected chi connectivity index (χ1v) is 6.60. The van der Waals surface area contributed by atoms with E-state index < -0.39 is 24.3 Å². The molecule has 1 heterocycles. The number of carboxylic acids is 1. The molecule has 2 unspecified atom stereocenters. The van der Waals surface area contributed by atoms with Crippen LogP contribution < -0.4 is 5.73 Å². The maximum absolute atomic E-state index is 12.9. The Balaban J connectivity index is 2.01. The highest BCUT2D eigenvalue weighted by Gasteiger charge is 2.29. The van der Waals surface area contributed by atoms with Gasteiger partial charge in [0.15, 0.2) is 0 Å². The first-order chi connectivity index (χ1) is 9.97. The van der Waals surface area contributed by atoms with Gasteiger partial charge in [-0.15, -0.1) is 0 Å². The van der Waals surface area contributed by atoms with Crippen molar-refractivity contribution in [1.29, 1.82) is 0 Å². The minimum absolute atomic E-state index is 0.276. The highest BCUT2D eigenvalue weighted by molar-refractivity contribution is 5.86. The Bertz CT molecular complexity index is 520.